The molecule has 4 aromatic rings. The van der Waals surface area contributed by atoms with Gasteiger partial charge >= 0.3 is 0 Å². The molecule has 0 saturated heterocycles. The number of anilines is 1. The van der Waals surface area contributed by atoms with E-state index in [1.165, 1.54) is 0 Å². The van der Waals surface area contributed by atoms with Gasteiger partial charge in [-0.2, -0.15) is 0 Å². The molecular weight excluding hydrogens is 408 g/mol. The highest BCUT2D eigenvalue weighted by atomic mass is 32.2. The van der Waals surface area contributed by atoms with Crippen LogP contribution in [0.5, 0.6) is 0 Å². The van der Waals surface area contributed by atoms with Crippen LogP contribution in [0.15, 0.2) is 82.7 Å². The van der Waals surface area contributed by atoms with Crippen LogP contribution < -0.4 is 5.32 Å². The molecule has 6 heteroatoms. The van der Waals surface area contributed by atoms with Gasteiger partial charge in [-0.3, -0.25) is 4.79 Å². The van der Waals surface area contributed by atoms with Crippen LogP contribution in [0.2, 0.25) is 0 Å². The summed E-state index contributed by atoms with van der Waals surface area (Å²) in [6, 6.07) is 19.8. The maximum atomic E-state index is 13.3. The summed E-state index contributed by atoms with van der Waals surface area (Å²) in [7, 11) is -3.72. The number of para-hydroxylation sites is 1. The van der Waals surface area contributed by atoms with Gasteiger partial charge in [-0.15, -0.1) is 0 Å². The summed E-state index contributed by atoms with van der Waals surface area (Å²) in [5.41, 5.74) is 4.55. The van der Waals surface area contributed by atoms with Gasteiger partial charge in [-0.25, -0.2) is 8.42 Å². The van der Waals surface area contributed by atoms with Crippen LogP contribution in [-0.4, -0.2) is 18.9 Å². The highest BCUT2D eigenvalue weighted by molar-refractivity contribution is 7.91. The van der Waals surface area contributed by atoms with Crippen LogP contribution in [-0.2, 0) is 21.2 Å². The zero-order valence-corrected chi connectivity index (χ0v) is 18.5. The third-order valence-corrected chi connectivity index (χ3v) is 7.36. The summed E-state index contributed by atoms with van der Waals surface area (Å²) in [5.74, 6) is -0.214. The molecule has 0 atom stereocenters. The highest BCUT2D eigenvalue weighted by Crippen LogP contribution is 2.30. The third-order valence-electron chi connectivity index (χ3n) is 5.57. The zero-order valence-electron chi connectivity index (χ0n) is 17.7. The van der Waals surface area contributed by atoms with Gasteiger partial charge in [0.2, 0.25) is 15.7 Å². The van der Waals surface area contributed by atoms with Crippen LogP contribution >= 0.6 is 0 Å². The number of fused-ring (bicyclic) bond motifs is 1. The summed E-state index contributed by atoms with van der Waals surface area (Å²) in [6.45, 7) is 5.88. The van der Waals surface area contributed by atoms with Gasteiger partial charge in [0.1, 0.15) is 6.54 Å². The predicted octanol–water partition coefficient (Wildman–Crippen LogP) is 5.04. The lowest BCUT2D eigenvalue weighted by Gasteiger charge is -2.11. The predicted molar refractivity (Wildman–Crippen MR) is 123 cm³/mol. The summed E-state index contributed by atoms with van der Waals surface area (Å²) in [4.78, 5) is 13.2. The number of nitrogens with zero attached hydrogens (tertiary/aromatic N) is 1. The molecule has 0 radical (unpaired) electrons. The lowest BCUT2D eigenvalue weighted by molar-refractivity contribution is -0.116. The molecule has 0 spiro atoms. The lowest BCUT2D eigenvalue weighted by atomic mass is 10.1. The smallest absolute Gasteiger partial charge is 0.244 e. The molecule has 31 heavy (non-hydrogen) atoms. The average molecular weight is 433 g/mol. The molecule has 1 aromatic heterocycles. The Morgan fingerprint density at radius 3 is 2.35 bits per heavy atom. The summed E-state index contributed by atoms with van der Waals surface area (Å²) >= 11 is 0. The van der Waals surface area contributed by atoms with Crippen molar-refractivity contribution in [3.63, 3.8) is 0 Å². The number of benzene rings is 3. The number of nitrogens with one attached hydrogen (secondary N) is 1. The first-order chi connectivity index (χ1) is 14.8. The Labute approximate surface area is 182 Å². The first-order valence-corrected chi connectivity index (χ1v) is 11.5. The van der Waals surface area contributed by atoms with Gasteiger partial charge < -0.3 is 9.88 Å². The minimum absolute atomic E-state index is 0.0112. The van der Waals surface area contributed by atoms with Crippen molar-refractivity contribution in [2.24, 2.45) is 0 Å². The Morgan fingerprint density at radius 1 is 0.903 bits per heavy atom. The van der Waals surface area contributed by atoms with Crippen molar-refractivity contribution in [1.82, 2.24) is 4.57 Å². The Kier molecular flexibility index (Phi) is 5.41. The second kappa shape index (κ2) is 8.04. The molecule has 1 N–H and O–H groups in total. The van der Waals surface area contributed by atoms with Crippen molar-refractivity contribution in [3.8, 4) is 0 Å². The number of hydrogen-bond acceptors (Lipinski definition) is 3. The molecule has 0 aliphatic rings. The quantitative estimate of drug-likeness (QED) is 0.480. The van der Waals surface area contributed by atoms with Crippen LogP contribution in [0.3, 0.4) is 0 Å². The molecule has 3 aromatic carbocycles. The Morgan fingerprint density at radius 2 is 1.61 bits per heavy atom. The lowest BCUT2D eigenvalue weighted by Crippen LogP contribution is -2.19. The molecule has 0 saturated carbocycles. The second-order valence-electron chi connectivity index (χ2n) is 7.75. The first kappa shape index (κ1) is 20.9. The van der Waals surface area contributed by atoms with E-state index in [0.717, 1.165) is 22.4 Å². The van der Waals surface area contributed by atoms with Crippen molar-refractivity contribution in [3.05, 3.63) is 89.6 Å². The normalized spacial score (nSPS) is 11.6. The number of aryl methyl sites for hydroxylation is 2. The van der Waals surface area contributed by atoms with E-state index in [1.807, 2.05) is 51.1 Å². The van der Waals surface area contributed by atoms with E-state index >= 15 is 0 Å². The number of carbonyl (C=O) groups excluding carboxylic acids is 1. The van der Waals surface area contributed by atoms with Crippen LogP contribution in [0, 0.1) is 20.8 Å². The number of hydrogen-bond donors (Lipinski definition) is 1. The monoisotopic (exact) mass is 432 g/mol. The zero-order chi connectivity index (χ0) is 22.2. The van der Waals surface area contributed by atoms with Crippen molar-refractivity contribution < 1.29 is 13.2 Å². The van der Waals surface area contributed by atoms with Crippen molar-refractivity contribution in [2.75, 3.05) is 5.32 Å². The fourth-order valence-electron chi connectivity index (χ4n) is 3.63. The second-order valence-corrected chi connectivity index (χ2v) is 9.67. The molecule has 0 unspecified atom stereocenters. The van der Waals surface area contributed by atoms with Gasteiger partial charge in [0.05, 0.1) is 9.79 Å². The van der Waals surface area contributed by atoms with Gasteiger partial charge in [-0.05, 0) is 56.2 Å². The van der Waals surface area contributed by atoms with Gasteiger partial charge in [0.15, 0.2) is 0 Å². The topological polar surface area (TPSA) is 68.2 Å². The van der Waals surface area contributed by atoms with Crippen molar-refractivity contribution in [2.45, 2.75) is 37.1 Å². The van der Waals surface area contributed by atoms with E-state index in [-0.39, 0.29) is 22.2 Å². The summed E-state index contributed by atoms with van der Waals surface area (Å²) < 4.78 is 28.3. The molecule has 0 aliphatic heterocycles. The summed E-state index contributed by atoms with van der Waals surface area (Å²) in [6.07, 6.45) is 1.56. The van der Waals surface area contributed by atoms with Crippen LogP contribution in [0.1, 0.15) is 16.7 Å². The van der Waals surface area contributed by atoms with Crippen molar-refractivity contribution in [1.29, 1.82) is 0 Å². The molecule has 1 amide bonds. The van der Waals surface area contributed by atoms with E-state index in [2.05, 4.69) is 5.32 Å². The molecule has 0 fully saturated rings. The van der Waals surface area contributed by atoms with Gasteiger partial charge in [-0.1, -0.05) is 48.0 Å². The Balaban J connectivity index is 1.71. The van der Waals surface area contributed by atoms with E-state index in [0.29, 0.717) is 10.9 Å². The molecule has 5 nitrogen and oxygen atoms in total. The largest absolute Gasteiger partial charge is 0.337 e. The fourth-order valence-corrected chi connectivity index (χ4v) is 5.11. The third kappa shape index (κ3) is 3.99. The van der Waals surface area contributed by atoms with E-state index in [4.69, 9.17) is 0 Å². The average Bonchev–Trinajstić information content (AvgIpc) is 3.11. The number of sulfone groups is 1. The minimum atomic E-state index is -3.72. The molecule has 0 bridgehead atoms. The molecular formula is C25H24N2O3S. The SMILES string of the molecule is Cc1ccc(S(=O)(=O)c2cn(CC(=O)Nc3cccc(C)c3C)c3ccccc23)cc1. The number of carbonyl (C=O) groups is 1. The molecule has 0 aliphatic carbocycles. The maximum Gasteiger partial charge on any atom is 0.244 e. The van der Waals surface area contributed by atoms with E-state index < -0.39 is 9.84 Å². The van der Waals surface area contributed by atoms with Crippen LogP contribution in [0.4, 0.5) is 5.69 Å². The standard InChI is InChI=1S/C25H24N2O3S/c1-17-11-13-20(14-12-17)31(29,30)24-15-27(23-10-5-4-8-21(23)24)16-25(28)26-22-9-6-7-18(2)19(22)3/h4-15H,16H2,1-3H3,(H,26,28). The molecule has 158 valence electrons. The molecule has 4 rings (SSSR count). The Bertz CT molecular complexity index is 1380. The summed E-state index contributed by atoms with van der Waals surface area (Å²) in [5, 5.41) is 3.54. The maximum absolute atomic E-state index is 13.3. The van der Waals surface area contributed by atoms with Gasteiger partial charge in [0, 0.05) is 22.8 Å². The van der Waals surface area contributed by atoms with Crippen LogP contribution in [0.25, 0.3) is 10.9 Å². The fraction of sp³-hybridized carbons (Fsp3) is 0.160. The number of amides is 1. The molecule has 1 heterocycles. The van der Waals surface area contributed by atoms with E-state index in [1.54, 1.807) is 47.2 Å². The van der Waals surface area contributed by atoms with E-state index in [9.17, 15) is 13.2 Å². The van der Waals surface area contributed by atoms with Crippen molar-refractivity contribution >= 4 is 32.3 Å². The minimum Gasteiger partial charge on any atom is -0.337 e. The Hall–Kier alpha value is -3.38. The highest BCUT2D eigenvalue weighted by Gasteiger charge is 2.24. The number of aromatic nitrogens is 1. The number of rotatable bonds is 5. The van der Waals surface area contributed by atoms with Gasteiger partial charge in [0.25, 0.3) is 0 Å². The first-order valence-electron chi connectivity index (χ1n) is 10.0.